The molecule has 0 spiro atoms. The van der Waals surface area contributed by atoms with Crippen molar-refractivity contribution in [3.8, 4) is 0 Å². The molecule has 0 amide bonds. The molecule has 10 heavy (non-hydrogen) atoms. The van der Waals surface area contributed by atoms with E-state index in [-0.39, 0.29) is 0 Å². The lowest BCUT2D eigenvalue weighted by molar-refractivity contribution is -0.227. The summed E-state index contributed by atoms with van der Waals surface area (Å²) >= 11 is 0. The van der Waals surface area contributed by atoms with Crippen LogP contribution in [0.15, 0.2) is 0 Å². The number of hydrogen-bond donors (Lipinski definition) is 1. The summed E-state index contributed by atoms with van der Waals surface area (Å²) in [5, 5.41) is 0. The van der Waals surface area contributed by atoms with Gasteiger partial charge in [0.25, 0.3) is 0 Å². The number of alkyl halides is 1. The van der Waals surface area contributed by atoms with E-state index in [1.165, 1.54) is 21.1 Å². The van der Waals surface area contributed by atoms with Crippen molar-refractivity contribution in [3.05, 3.63) is 0 Å². The number of hydrogen-bond acceptors (Lipinski definition) is 3. The summed E-state index contributed by atoms with van der Waals surface area (Å²) in [6, 6.07) is 0. The summed E-state index contributed by atoms with van der Waals surface area (Å²) < 4.78 is 17.8. The summed E-state index contributed by atoms with van der Waals surface area (Å²) in [7, 11) is 2.93. The quantitative estimate of drug-likeness (QED) is 0.604. The van der Waals surface area contributed by atoms with E-state index in [0.29, 0.717) is 0 Å². The van der Waals surface area contributed by atoms with Gasteiger partial charge in [-0.05, 0) is 13.8 Å². The Balaban J connectivity index is 3.82. The fraction of sp³-hybridized carbons (Fsp3) is 1.00. The van der Waals surface area contributed by atoms with Crippen molar-refractivity contribution in [3.63, 3.8) is 0 Å². The monoisotopic (exact) mass is 151 g/mol. The van der Waals surface area contributed by atoms with Crippen molar-refractivity contribution in [1.82, 2.24) is 5.48 Å². The molecule has 0 saturated heterocycles. The third-order valence-corrected chi connectivity index (χ3v) is 1.38. The highest BCUT2D eigenvalue weighted by Crippen LogP contribution is 2.17. The van der Waals surface area contributed by atoms with E-state index in [4.69, 9.17) is 4.74 Å². The maximum atomic E-state index is 13.1. The largest absolute Gasteiger partial charge is 0.376 e. The minimum Gasteiger partial charge on any atom is -0.376 e. The first kappa shape index (κ1) is 9.81. The molecule has 0 aliphatic heterocycles. The number of hydroxylamine groups is 1. The van der Waals surface area contributed by atoms with Crippen LogP contribution in [0.1, 0.15) is 13.8 Å². The number of nitrogens with one attached hydrogen (secondary N) is 1. The van der Waals surface area contributed by atoms with Crippen LogP contribution >= 0.6 is 0 Å². The maximum absolute atomic E-state index is 13.1. The highest BCUT2D eigenvalue weighted by Gasteiger charge is 2.32. The van der Waals surface area contributed by atoms with Crippen LogP contribution in [0.5, 0.6) is 0 Å². The van der Waals surface area contributed by atoms with Gasteiger partial charge in [-0.3, -0.25) is 4.84 Å². The van der Waals surface area contributed by atoms with Crippen molar-refractivity contribution in [2.75, 3.05) is 14.2 Å². The van der Waals surface area contributed by atoms with Gasteiger partial charge in [0.1, 0.15) is 6.10 Å². The SMILES string of the molecule is CNOC(C)(F)C(C)OC. The minimum absolute atomic E-state index is 0.583. The van der Waals surface area contributed by atoms with E-state index in [1.807, 2.05) is 0 Å². The Hall–Kier alpha value is -0.190. The summed E-state index contributed by atoms with van der Waals surface area (Å²) in [6.45, 7) is 2.90. The van der Waals surface area contributed by atoms with E-state index >= 15 is 0 Å². The van der Waals surface area contributed by atoms with E-state index < -0.39 is 12.0 Å². The molecule has 0 bridgehead atoms. The van der Waals surface area contributed by atoms with Crippen molar-refractivity contribution < 1.29 is 14.0 Å². The molecular weight excluding hydrogens is 137 g/mol. The Morgan fingerprint density at radius 3 is 2.40 bits per heavy atom. The van der Waals surface area contributed by atoms with Gasteiger partial charge in [-0.2, -0.15) is 0 Å². The van der Waals surface area contributed by atoms with Crippen LogP contribution in [0.4, 0.5) is 4.39 Å². The van der Waals surface area contributed by atoms with Gasteiger partial charge < -0.3 is 4.74 Å². The summed E-state index contributed by atoms with van der Waals surface area (Å²) in [4.78, 5) is 4.54. The molecule has 0 fully saturated rings. The molecule has 1 N–H and O–H groups in total. The van der Waals surface area contributed by atoms with Gasteiger partial charge in [0, 0.05) is 14.2 Å². The number of halogens is 1. The van der Waals surface area contributed by atoms with E-state index in [2.05, 4.69) is 10.3 Å². The molecule has 0 aliphatic carbocycles. The lowest BCUT2D eigenvalue weighted by Crippen LogP contribution is -2.40. The van der Waals surface area contributed by atoms with Crippen LogP contribution in [-0.4, -0.2) is 26.1 Å². The predicted octanol–water partition coefficient (Wildman–Crippen LogP) is 0.858. The average Bonchev–Trinajstić information content (AvgIpc) is 1.86. The molecule has 0 aromatic rings. The summed E-state index contributed by atoms with van der Waals surface area (Å²) in [6.07, 6.45) is -0.583. The standard InChI is InChI=1S/C6H14FNO2/c1-5(9-4)6(2,7)10-8-3/h5,8H,1-4H3. The van der Waals surface area contributed by atoms with E-state index in [9.17, 15) is 4.39 Å². The van der Waals surface area contributed by atoms with Crippen LogP contribution in [0, 0.1) is 0 Å². The van der Waals surface area contributed by atoms with E-state index in [1.54, 1.807) is 6.92 Å². The molecule has 0 saturated carbocycles. The lowest BCUT2D eigenvalue weighted by atomic mass is 10.2. The van der Waals surface area contributed by atoms with Crippen molar-refractivity contribution in [2.45, 2.75) is 25.8 Å². The zero-order valence-electron chi connectivity index (χ0n) is 6.77. The zero-order valence-corrected chi connectivity index (χ0v) is 6.77. The Bertz CT molecular complexity index is 97.7. The molecule has 2 unspecified atom stereocenters. The molecule has 0 aliphatic rings. The number of rotatable bonds is 4. The number of ether oxygens (including phenoxy) is 1. The van der Waals surface area contributed by atoms with Gasteiger partial charge in [0.2, 0.25) is 5.85 Å². The molecule has 2 atom stereocenters. The number of methoxy groups -OCH3 is 1. The third kappa shape index (κ3) is 2.60. The Morgan fingerprint density at radius 2 is 2.10 bits per heavy atom. The van der Waals surface area contributed by atoms with Gasteiger partial charge >= 0.3 is 0 Å². The van der Waals surface area contributed by atoms with Gasteiger partial charge in [-0.15, -0.1) is 0 Å². The molecule has 4 heteroatoms. The minimum atomic E-state index is -1.77. The molecule has 0 heterocycles. The summed E-state index contributed by atoms with van der Waals surface area (Å²) in [5.74, 6) is -1.77. The molecule has 3 nitrogen and oxygen atoms in total. The Labute approximate surface area is 60.5 Å². The maximum Gasteiger partial charge on any atom is 0.249 e. The topological polar surface area (TPSA) is 30.5 Å². The molecule has 0 aromatic heterocycles. The Morgan fingerprint density at radius 1 is 1.60 bits per heavy atom. The first-order valence-corrected chi connectivity index (χ1v) is 3.11. The van der Waals surface area contributed by atoms with Crippen LogP contribution in [0.2, 0.25) is 0 Å². The second-order valence-electron chi connectivity index (χ2n) is 2.17. The fourth-order valence-electron chi connectivity index (χ4n) is 0.493. The lowest BCUT2D eigenvalue weighted by Gasteiger charge is -2.25. The van der Waals surface area contributed by atoms with Crippen molar-refractivity contribution in [1.29, 1.82) is 0 Å². The smallest absolute Gasteiger partial charge is 0.249 e. The molecule has 62 valence electrons. The van der Waals surface area contributed by atoms with Gasteiger partial charge in [-0.25, -0.2) is 9.87 Å². The van der Waals surface area contributed by atoms with Crippen LogP contribution in [-0.2, 0) is 9.57 Å². The fourth-order valence-corrected chi connectivity index (χ4v) is 0.493. The Kier molecular flexibility index (Phi) is 3.78. The first-order chi connectivity index (χ1) is 4.54. The normalized spacial score (nSPS) is 20.1. The third-order valence-electron chi connectivity index (χ3n) is 1.38. The highest BCUT2D eigenvalue weighted by molar-refractivity contribution is 4.67. The molecule has 0 rings (SSSR count). The second-order valence-corrected chi connectivity index (χ2v) is 2.17. The van der Waals surface area contributed by atoms with Gasteiger partial charge in [0.15, 0.2) is 0 Å². The van der Waals surface area contributed by atoms with Crippen LogP contribution in [0.25, 0.3) is 0 Å². The van der Waals surface area contributed by atoms with Crippen LogP contribution in [0.3, 0.4) is 0 Å². The molecule has 0 radical (unpaired) electrons. The van der Waals surface area contributed by atoms with Crippen LogP contribution < -0.4 is 5.48 Å². The molecule has 0 aromatic carbocycles. The zero-order chi connectivity index (χ0) is 8.20. The first-order valence-electron chi connectivity index (χ1n) is 3.11. The molecular formula is C6H14FNO2. The second kappa shape index (κ2) is 3.85. The van der Waals surface area contributed by atoms with Gasteiger partial charge in [0.05, 0.1) is 0 Å². The summed E-state index contributed by atoms with van der Waals surface area (Å²) in [5.41, 5.74) is 2.27. The van der Waals surface area contributed by atoms with Crippen molar-refractivity contribution >= 4 is 0 Å². The predicted molar refractivity (Wildman–Crippen MR) is 36.1 cm³/mol. The van der Waals surface area contributed by atoms with Gasteiger partial charge in [-0.1, -0.05) is 0 Å². The van der Waals surface area contributed by atoms with Crippen molar-refractivity contribution in [2.24, 2.45) is 0 Å². The average molecular weight is 151 g/mol. The highest BCUT2D eigenvalue weighted by atomic mass is 19.2. The van der Waals surface area contributed by atoms with E-state index in [0.717, 1.165) is 0 Å².